The van der Waals surface area contributed by atoms with Crippen LogP contribution in [0.5, 0.6) is 0 Å². The van der Waals surface area contributed by atoms with Gasteiger partial charge in [-0.1, -0.05) is 18.1 Å². The summed E-state index contributed by atoms with van der Waals surface area (Å²) in [5.74, 6) is 2.63. The fourth-order valence-electron chi connectivity index (χ4n) is 3.43. The Morgan fingerprint density at radius 3 is 3.05 bits per heavy atom. The van der Waals surface area contributed by atoms with Crippen LogP contribution in [0.25, 0.3) is 0 Å². The van der Waals surface area contributed by atoms with Gasteiger partial charge < -0.3 is 10.4 Å². The topological polar surface area (TPSA) is 49.3 Å². The summed E-state index contributed by atoms with van der Waals surface area (Å²) in [6.45, 7) is 0. The van der Waals surface area contributed by atoms with E-state index in [0.717, 1.165) is 24.8 Å². The van der Waals surface area contributed by atoms with Crippen LogP contribution in [0.4, 0.5) is 0 Å². The molecule has 1 fully saturated rings. The molecule has 0 saturated heterocycles. The van der Waals surface area contributed by atoms with E-state index < -0.39 is 5.97 Å². The van der Waals surface area contributed by atoms with Gasteiger partial charge in [-0.25, -0.2) is 4.79 Å². The molecule has 1 heterocycles. The average molecular weight is 267 g/mol. The van der Waals surface area contributed by atoms with Gasteiger partial charge in [0, 0.05) is 17.5 Å². The number of rotatable bonds is 3. The number of carbonyl (C=O) groups is 1. The number of carboxylic acids is 1. The van der Waals surface area contributed by atoms with Gasteiger partial charge in [-0.3, -0.25) is 0 Å². The van der Waals surface area contributed by atoms with E-state index in [1.807, 2.05) is 18.2 Å². The second-order valence-electron chi connectivity index (χ2n) is 5.60. The zero-order valence-corrected chi connectivity index (χ0v) is 11.2. The summed E-state index contributed by atoms with van der Waals surface area (Å²) in [6, 6.07) is 8.36. The van der Waals surface area contributed by atoms with Crippen molar-refractivity contribution < 1.29 is 9.90 Å². The van der Waals surface area contributed by atoms with Crippen molar-refractivity contribution in [3.8, 4) is 12.3 Å². The molecule has 2 N–H and O–H groups in total. The van der Waals surface area contributed by atoms with Crippen molar-refractivity contribution in [1.82, 2.24) is 5.32 Å². The molecular weight excluding hydrogens is 250 g/mol. The number of benzene rings is 1. The van der Waals surface area contributed by atoms with Gasteiger partial charge in [0.15, 0.2) is 0 Å². The Balaban J connectivity index is 1.75. The molecule has 3 unspecified atom stereocenters. The molecule has 3 atom stereocenters. The number of hydrogen-bond donors (Lipinski definition) is 2. The van der Waals surface area contributed by atoms with Gasteiger partial charge >= 0.3 is 5.97 Å². The van der Waals surface area contributed by atoms with E-state index in [1.165, 1.54) is 5.56 Å². The van der Waals surface area contributed by atoms with Crippen molar-refractivity contribution in [1.29, 1.82) is 0 Å². The van der Waals surface area contributed by atoms with Crippen molar-refractivity contribution in [2.45, 2.75) is 25.3 Å². The van der Waals surface area contributed by atoms with E-state index in [4.69, 9.17) is 11.5 Å². The molecular formula is C17H17NO2. The van der Waals surface area contributed by atoms with Crippen molar-refractivity contribution in [3.05, 3.63) is 47.2 Å². The Morgan fingerprint density at radius 2 is 2.30 bits per heavy atom. The first-order chi connectivity index (χ1) is 9.67. The zero-order valence-electron chi connectivity index (χ0n) is 11.2. The summed E-state index contributed by atoms with van der Waals surface area (Å²) in [4.78, 5) is 11.0. The minimum Gasteiger partial charge on any atom is -0.477 e. The smallest absolute Gasteiger partial charge is 0.351 e. The Hall–Kier alpha value is -2.21. The van der Waals surface area contributed by atoms with E-state index >= 15 is 0 Å². The lowest BCUT2D eigenvalue weighted by Crippen LogP contribution is -2.28. The molecule has 1 aromatic carbocycles. The van der Waals surface area contributed by atoms with Crippen LogP contribution in [-0.2, 0) is 11.2 Å². The molecule has 0 bridgehead atoms. The predicted molar refractivity (Wildman–Crippen MR) is 76.9 cm³/mol. The van der Waals surface area contributed by atoms with Gasteiger partial charge in [-0.15, -0.1) is 6.42 Å². The van der Waals surface area contributed by atoms with E-state index in [-0.39, 0.29) is 0 Å². The Labute approximate surface area is 118 Å². The number of terminal acetylenes is 1. The number of fused-ring (bicyclic) bond motifs is 1. The zero-order chi connectivity index (χ0) is 14.1. The molecule has 1 saturated carbocycles. The molecule has 20 heavy (non-hydrogen) atoms. The van der Waals surface area contributed by atoms with E-state index in [2.05, 4.69) is 23.4 Å². The van der Waals surface area contributed by atoms with Gasteiger partial charge in [0.1, 0.15) is 5.70 Å². The van der Waals surface area contributed by atoms with Crippen LogP contribution >= 0.6 is 0 Å². The highest BCUT2D eigenvalue weighted by Gasteiger charge is 2.40. The largest absolute Gasteiger partial charge is 0.477 e. The monoisotopic (exact) mass is 267 g/mol. The maximum absolute atomic E-state index is 11.0. The van der Waals surface area contributed by atoms with Gasteiger partial charge in [-0.05, 0) is 49.0 Å². The van der Waals surface area contributed by atoms with E-state index in [1.54, 1.807) is 0 Å². The normalized spacial score (nSPS) is 27.4. The highest BCUT2D eigenvalue weighted by Crippen LogP contribution is 2.39. The van der Waals surface area contributed by atoms with E-state index in [9.17, 15) is 4.79 Å². The van der Waals surface area contributed by atoms with Crippen molar-refractivity contribution in [3.63, 3.8) is 0 Å². The van der Waals surface area contributed by atoms with Gasteiger partial charge in [0.25, 0.3) is 0 Å². The Morgan fingerprint density at radius 1 is 1.45 bits per heavy atom. The molecule has 1 aliphatic carbocycles. The fraction of sp³-hybridized carbons (Fsp3) is 0.353. The molecule has 102 valence electrons. The fourth-order valence-corrected chi connectivity index (χ4v) is 3.43. The van der Waals surface area contributed by atoms with Gasteiger partial charge in [0.05, 0.1) is 0 Å². The quantitative estimate of drug-likeness (QED) is 0.825. The molecule has 3 rings (SSSR count). The SMILES string of the molecule is C#Cc1cccc(CC2CCC3NC(C(=O)O)=CC23)c1. The Bertz CT molecular complexity index is 612. The maximum Gasteiger partial charge on any atom is 0.351 e. The van der Waals surface area contributed by atoms with Crippen LogP contribution < -0.4 is 5.32 Å². The number of carboxylic acid groups (broad SMARTS) is 1. The maximum atomic E-state index is 11.0. The molecule has 0 amide bonds. The first-order valence-electron chi connectivity index (χ1n) is 6.94. The summed E-state index contributed by atoms with van der Waals surface area (Å²) < 4.78 is 0. The average Bonchev–Trinajstić information content (AvgIpc) is 3.01. The first-order valence-corrected chi connectivity index (χ1v) is 6.94. The first kappa shape index (κ1) is 12.8. The van der Waals surface area contributed by atoms with Crippen LogP contribution in [0.1, 0.15) is 24.0 Å². The lowest BCUT2D eigenvalue weighted by Gasteiger charge is -2.17. The lowest BCUT2D eigenvalue weighted by molar-refractivity contribution is -0.133. The molecule has 3 heteroatoms. The van der Waals surface area contributed by atoms with Crippen molar-refractivity contribution in [2.24, 2.45) is 11.8 Å². The predicted octanol–water partition coefficient (Wildman–Crippen LogP) is 2.18. The highest BCUT2D eigenvalue weighted by atomic mass is 16.4. The van der Waals surface area contributed by atoms with E-state index in [0.29, 0.717) is 23.6 Å². The lowest BCUT2D eigenvalue weighted by atomic mass is 9.88. The molecule has 0 radical (unpaired) electrons. The second kappa shape index (κ2) is 5.05. The highest BCUT2D eigenvalue weighted by molar-refractivity contribution is 5.86. The summed E-state index contributed by atoms with van der Waals surface area (Å²) in [7, 11) is 0. The molecule has 1 aliphatic heterocycles. The third-order valence-electron chi connectivity index (χ3n) is 4.38. The summed E-state index contributed by atoms with van der Waals surface area (Å²) in [5.41, 5.74) is 2.51. The van der Waals surface area contributed by atoms with Crippen LogP contribution in [-0.4, -0.2) is 17.1 Å². The Kier molecular flexibility index (Phi) is 3.23. The van der Waals surface area contributed by atoms with Gasteiger partial charge in [-0.2, -0.15) is 0 Å². The minimum atomic E-state index is -0.854. The molecule has 3 nitrogen and oxygen atoms in total. The summed E-state index contributed by atoms with van der Waals surface area (Å²) in [6.07, 6.45) is 10.5. The number of hydrogen-bond acceptors (Lipinski definition) is 2. The molecule has 0 spiro atoms. The minimum absolute atomic E-state index is 0.293. The summed E-state index contributed by atoms with van der Waals surface area (Å²) >= 11 is 0. The number of aliphatic carboxylic acids is 1. The van der Waals surface area contributed by atoms with Crippen LogP contribution in [0, 0.1) is 24.2 Å². The molecule has 0 aromatic heterocycles. The summed E-state index contributed by atoms with van der Waals surface area (Å²) in [5, 5.41) is 12.2. The van der Waals surface area contributed by atoms with Gasteiger partial charge in [0.2, 0.25) is 0 Å². The third kappa shape index (κ3) is 2.30. The van der Waals surface area contributed by atoms with Crippen molar-refractivity contribution >= 4 is 5.97 Å². The molecule has 2 aliphatic rings. The molecule has 1 aromatic rings. The van der Waals surface area contributed by atoms with Crippen molar-refractivity contribution in [2.75, 3.05) is 0 Å². The van der Waals surface area contributed by atoms with Crippen LogP contribution in [0.3, 0.4) is 0 Å². The number of nitrogens with one attached hydrogen (secondary N) is 1. The van der Waals surface area contributed by atoms with Crippen LogP contribution in [0.15, 0.2) is 36.0 Å². The van der Waals surface area contributed by atoms with Crippen LogP contribution in [0.2, 0.25) is 0 Å². The second-order valence-corrected chi connectivity index (χ2v) is 5.60. The third-order valence-corrected chi connectivity index (χ3v) is 4.38. The standard InChI is InChI=1S/C17H17NO2/c1-2-11-4-3-5-12(8-11)9-13-6-7-15-14(13)10-16(18-15)17(19)20/h1,3-5,8,10,13-15,18H,6-7,9H2,(H,19,20).